The minimum atomic E-state index is -0.420. The molecule has 0 aromatic heterocycles. The fraction of sp³-hybridized carbons (Fsp3) is 0.889. The zero-order valence-electron chi connectivity index (χ0n) is 7.81. The highest BCUT2D eigenvalue weighted by Gasteiger charge is 2.14. The van der Waals surface area contributed by atoms with Gasteiger partial charge in [0.2, 0.25) is 0 Å². The van der Waals surface area contributed by atoms with Gasteiger partial charge in [0.05, 0.1) is 19.2 Å². The Balaban J connectivity index is 3.54. The van der Waals surface area contributed by atoms with E-state index < -0.39 is 6.67 Å². The summed E-state index contributed by atoms with van der Waals surface area (Å²) in [6.45, 7) is 3.69. The largest absolute Gasteiger partial charge is 0.465 e. The molecule has 0 aromatic rings. The summed E-state index contributed by atoms with van der Waals surface area (Å²) in [4.78, 5) is 11.1. The molecule has 0 aliphatic carbocycles. The lowest BCUT2D eigenvalue weighted by atomic mass is 10.0. The van der Waals surface area contributed by atoms with E-state index in [1.807, 2.05) is 13.8 Å². The quantitative estimate of drug-likeness (QED) is 0.458. The maximum Gasteiger partial charge on any atom is 0.308 e. The van der Waals surface area contributed by atoms with E-state index in [0.29, 0.717) is 6.42 Å². The maximum absolute atomic E-state index is 11.6. The molecule has 0 radical (unpaired) electrons. The third-order valence-electron chi connectivity index (χ3n) is 1.84. The first kappa shape index (κ1) is 11.4. The van der Waals surface area contributed by atoms with Gasteiger partial charge in [-0.1, -0.05) is 13.8 Å². The van der Waals surface area contributed by atoms with E-state index in [9.17, 15) is 9.18 Å². The smallest absolute Gasteiger partial charge is 0.308 e. The standard InChI is InChI=1S/C9H17FO2/c1-3-8(4-2)9(11)12-7-5-6-10/h8H,3-7H2,1-2H3. The molecule has 0 aromatic carbocycles. The van der Waals surface area contributed by atoms with Crippen molar-refractivity contribution in [2.24, 2.45) is 5.92 Å². The molecule has 0 spiro atoms. The Morgan fingerprint density at radius 2 is 2.00 bits per heavy atom. The third kappa shape index (κ3) is 4.31. The van der Waals surface area contributed by atoms with Crippen molar-refractivity contribution in [1.82, 2.24) is 0 Å². The summed E-state index contributed by atoms with van der Waals surface area (Å²) < 4.78 is 16.5. The van der Waals surface area contributed by atoms with Gasteiger partial charge in [-0.05, 0) is 12.8 Å². The van der Waals surface area contributed by atoms with Crippen molar-refractivity contribution in [1.29, 1.82) is 0 Å². The molecule has 0 fully saturated rings. The third-order valence-corrected chi connectivity index (χ3v) is 1.84. The van der Waals surface area contributed by atoms with Gasteiger partial charge in [0.15, 0.2) is 0 Å². The first-order valence-electron chi connectivity index (χ1n) is 4.48. The van der Waals surface area contributed by atoms with Gasteiger partial charge in [-0.3, -0.25) is 9.18 Å². The molecule has 0 saturated heterocycles. The Labute approximate surface area is 73.1 Å². The van der Waals surface area contributed by atoms with Crippen molar-refractivity contribution in [2.75, 3.05) is 13.3 Å². The van der Waals surface area contributed by atoms with Gasteiger partial charge in [-0.15, -0.1) is 0 Å². The van der Waals surface area contributed by atoms with Crippen molar-refractivity contribution in [3.8, 4) is 0 Å². The summed E-state index contributed by atoms with van der Waals surface area (Å²) in [5.74, 6) is -0.196. The molecule has 3 heteroatoms. The summed E-state index contributed by atoms with van der Waals surface area (Å²) in [5, 5.41) is 0. The molecule has 0 aliphatic heterocycles. The van der Waals surface area contributed by atoms with Crippen LogP contribution in [-0.4, -0.2) is 19.3 Å². The molecule has 0 amide bonds. The Bertz CT molecular complexity index is 122. The molecular formula is C9H17FO2. The lowest BCUT2D eigenvalue weighted by molar-refractivity contribution is -0.148. The first-order valence-corrected chi connectivity index (χ1v) is 4.48. The molecule has 0 aliphatic rings. The molecule has 0 saturated carbocycles. The lowest BCUT2D eigenvalue weighted by Gasteiger charge is -2.10. The molecule has 0 heterocycles. The van der Waals surface area contributed by atoms with Gasteiger partial charge in [0.25, 0.3) is 0 Å². The topological polar surface area (TPSA) is 26.3 Å². The number of halogens is 1. The minimum absolute atomic E-state index is 0.00962. The van der Waals surface area contributed by atoms with Crippen molar-refractivity contribution >= 4 is 5.97 Å². The molecule has 12 heavy (non-hydrogen) atoms. The van der Waals surface area contributed by atoms with Crippen LogP contribution in [0.5, 0.6) is 0 Å². The first-order chi connectivity index (χ1) is 5.76. The molecule has 0 N–H and O–H groups in total. The summed E-state index contributed by atoms with van der Waals surface area (Å²) in [6.07, 6.45) is 1.90. The van der Waals surface area contributed by atoms with Gasteiger partial charge in [-0.2, -0.15) is 0 Å². The van der Waals surface area contributed by atoms with Crippen LogP contribution in [0.15, 0.2) is 0 Å². The number of carbonyl (C=O) groups is 1. The van der Waals surface area contributed by atoms with Crippen molar-refractivity contribution in [3.05, 3.63) is 0 Å². The van der Waals surface area contributed by atoms with Crippen LogP contribution >= 0.6 is 0 Å². The van der Waals surface area contributed by atoms with Crippen LogP contribution in [0.2, 0.25) is 0 Å². The molecule has 0 unspecified atom stereocenters. The predicted octanol–water partition coefficient (Wildman–Crippen LogP) is 2.33. The SMILES string of the molecule is CCC(CC)C(=O)OCCCF. The van der Waals surface area contributed by atoms with Crippen molar-refractivity contribution < 1.29 is 13.9 Å². The number of rotatable bonds is 6. The fourth-order valence-corrected chi connectivity index (χ4v) is 0.967. The van der Waals surface area contributed by atoms with E-state index in [-0.39, 0.29) is 18.5 Å². The van der Waals surface area contributed by atoms with Crippen molar-refractivity contribution in [2.45, 2.75) is 33.1 Å². The van der Waals surface area contributed by atoms with E-state index in [1.165, 1.54) is 0 Å². The number of esters is 1. The fourth-order valence-electron chi connectivity index (χ4n) is 0.967. The van der Waals surface area contributed by atoms with E-state index in [2.05, 4.69) is 0 Å². The monoisotopic (exact) mass is 176 g/mol. The molecule has 0 rings (SSSR count). The Morgan fingerprint density at radius 1 is 1.42 bits per heavy atom. The predicted molar refractivity (Wildman–Crippen MR) is 45.6 cm³/mol. The van der Waals surface area contributed by atoms with Gasteiger partial charge < -0.3 is 4.74 Å². The zero-order valence-corrected chi connectivity index (χ0v) is 7.81. The normalized spacial score (nSPS) is 10.3. The van der Waals surface area contributed by atoms with E-state index in [1.54, 1.807) is 0 Å². The Kier molecular flexibility index (Phi) is 6.72. The number of alkyl halides is 1. The van der Waals surface area contributed by atoms with Crippen molar-refractivity contribution in [3.63, 3.8) is 0 Å². The van der Waals surface area contributed by atoms with Crippen LogP contribution in [-0.2, 0) is 9.53 Å². The van der Waals surface area contributed by atoms with E-state index in [0.717, 1.165) is 12.8 Å². The second-order valence-electron chi connectivity index (χ2n) is 2.72. The Hall–Kier alpha value is -0.600. The van der Waals surface area contributed by atoms with Crippen LogP contribution in [0.4, 0.5) is 4.39 Å². The Morgan fingerprint density at radius 3 is 2.42 bits per heavy atom. The van der Waals surface area contributed by atoms with Crippen LogP contribution in [0.3, 0.4) is 0 Å². The zero-order chi connectivity index (χ0) is 9.40. The second kappa shape index (κ2) is 7.07. The molecule has 2 nitrogen and oxygen atoms in total. The summed E-state index contributed by atoms with van der Waals surface area (Å²) in [6, 6.07) is 0. The summed E-state index contributed by atoms with van der Waals surface area (Å²) >= 11 is 0. The number of hydrogen-bond acceptors (Lipinski definition) is 2. The highest BCUT2D eigenvalue weighted by molar-refractivity contribution is 5.72. The lowest BCUT2D eigenvalue weighted by Crippen LogP contribution is -2.17. The molecule has 0 bridgehead atoms. The number of hydrogen-bond donors (Lipinski definition) is 0. The minimum Gasteiger partial charge on any atom is -0.465 e. The molecule has 72 valence electrons. The highest BCUT2D eigenvalue weighted by Crippen LogP contribution is 2.09. The molecule has 0 atom stereocenters. The average Bonchev–Trinajstić information content (AvgIpc) is 2.07. The summed E-state index contributed by atoms with van der Waals surface area (Å²) in [7, 11) is 0. The highest BCUT2D eigenvalue weighted by atomic mass is 19.1. The summed E-state index contributed by atoms with van der Waals surface area (Å²) in [5.41, 5.74) is 0. The average molecular weight is 176 g/mol. The van der Waals surface area contributed by atoms with Gasteiger partial charge in [0, 0.05) is 6.42 Å². The van der Waals surface area contributed by atoms with Crippen LogP contribution < -0.4 is 0 Å². The maximum atomic E-state index is 11.6. The van der Waals surface area contributed by atoms with E-state index >= 15 is 0 Å². The van der Waals surface area contributed by atoms with Crippen LogP contribution in [0.1, 0.15) is 33.1 Å². The van der Waals surface area contributed by atoms with Gasteiger partial charge in [0.1, 0.15) is 0 Å². The number of carbonyl (C=O) groups excluding carboxylic acids is 1. The van der Waals surface area contributed by atoms with E-state index in [4.69, 9.17) is 4.74 Å². The van der Waals surface area contributed by atoms with Crippen LogP contribution in [0, 0.1) is 5.92 Å². The molecular weight excluding hydrogens is 159 g/mol. The van der Waals surface area contributed by atoms with Gasteiger partial charge >= 0.3 is 5.97 Å². The second-order valence-corrected chi connectivity index (χ2v) is 2.72. The number of ether oxygens (including phenoxy) is 1. The van der Waals surface area contributed by atoms with Crippen LogP contribution in [0.25, 0.3) is 0 Å². The van der Waals surface area contributed by atoms with Gasteiger partial charge in [-0.25, -0.2) is 0 Å².